The molecule has 17 heavy (non-hydrogen) atoms. The number of fused-ring (bicyclic) bond motifs is 1. The molecule has 0 aliphatic carbocycles. The number of aliphatic hydroxyl groups is 1. The second kappa shape index (κ2) is 4.63. The molecule has 1 aliphatic rings. The first kappa shape index (κ1) is 11.7. The Hall–Kier alpha value is -1.75. The van der Waals surface area contributed by atoms with E-state index in [4.69, 9.17) is 5.11 Å². The maximum atomic E-state index is 12.0. The van der Waals surface area contributed by atoms with Crippen LogP contribution in [0.15, 0.2) is 18.5 Å². The van der Waals surface area contributed by atoms with Gasteiger partial charge in [0.15, 0.2) is 0 Å². The zero-order chi connectivity index (χ0) is 12.4. The third-order valence-electron chi connectivity index (χ3n) is 2.89. The van der Waals surface area contributed by atoms with Gasteiger partial charge in [-0.05, 0) is 18.4 Å². The van der Waals surface area contributed by atoms with Crippen molar-refractivity contribution in [3.05, 3.63) is 29.6 Å². The lowest BCUT2D eigenvalue weighted by Gasteiger charge is -2.18. The van der Waals surface area contributed by atoms with Crippen LogP contribution in [-0.4, -0.2) is 40.0 Å². The SMILES string of the molecule is CC(CCO)CN1C(=O)c2ccncc2C1=O. The van der Waals surface area contributed by atoms with E-state index in [-0.39, 0.29) is 24.3 Å². The standard InChI is InChI=1S/C12H14N2O3/c1-8(3-5-15)7-14-11(16)9-2-4-13-6-10(9)12(14)17/h2,4,6,8,15H,3,5,7H2,1H3. The quantitative estimate of drug-likeness (QED) is 0.778. The maximum absolute atomic E-state index is 12.0. The molecule has 0 spiro atoms. The predicted molar refractivity (Wildman–Crippen MR) is 60.5 cm³/mol. The van der Waals surface area contributed by atoms with Crippen molar-refractivity contribution in [2.75, 3.05) is 13.2 Å². The number of aromatic nitrogens is 1. The first-order valence-electron chi connectivity index (χ1n) is 5.56. The minimum Gasteiger partial charge on any atom is -0.396 e. The Morgan fingerprint density at radius 3 is 2.71 bits per heavy atom. The molecule has 5 heteroatoms. The van der Waals surface area contributed by atoms with Gasteiger partial charge in [0.2, 0.25) is 0 Å². The molecule has 1 aromatic heterocycles. The van der Waals surface area contributed by atoms with E-state index < -0.39 is 0 Å². The summed E-state index contributed by atoms with van der Waals surface area (Å²) in [5.74, 6) is -0.463. The third kappa shape index (κ3) is 2.06. The van der Waals surface area contributed by atoms with Crippen molar-refractivity contribution >= 4 is 11.8 Å². The van der Waals surface area contributed by atoms with Crippen LogP contribution in [0.25, 0.3) is 0 Å². The van der Waals surface area contributed by atoms with E-state index in [0.717, 1.165) is 0 Å². The van der Waals surface area contributed by atoms with Crippen LogP contribution in [0, 0.1) is 5.92 Å². The molecule has 0 aromatic carbocycles. The zero-order valence-electron chi connectivity index (χ0n) is 9.59. The first-order chi connectivity index (χ1) is 8.15. The van der Waals surface area contributed by atoms with Gasteiger partial charge in [0.1, 0.15) is 0 Å². The van der Waals surface area contributed by atoms with Crippen LogP contribution < -0.4 is 0 Å². The van der Waals surface area contributed by atoms with Gasteiger partial charge in [-0.15, -0.1) is 0 Å². The second-order valence-electron chi connectivity index (χ2n) is 4.26. The van der Waals surface area contributed by atoms with Gasteiger partial charge in [-0.3, -0.25) is 19.5 Å². The Kier molecular flexibility index (Phi) is 3.19. The summed E-state index contributed by atoms with van der Waals surface area (Å²) in [7, 11) is 0. The lowest BCUT2D eigenvalue weighted by Crippen LogP contribution is -2.34. The molecule has 0 bridgehead atoms. The monoisotopic (exact) mass is 234 g/mol. The number of amides is 2. The highest BCUT2D eigenvalue weighted by molar-refractivity contribution is 6.21. The van der Waals surface area contributed by atoms with Crippen LogP contribution in [-0.2, 0) is 0 Å². The molecule has 1 unspecified atom stereocenters. The number of imide groups is 1. The Morgan fingerprint density at radius 2 is 2.06 bits per heavy atom. The minimum atomic E-state index is -0.289. The molecular formula is C12H14N2O3. The van der Waals surface area contributed by atoms with Crippen LogP contribution in [0.5, 0.6) is 0 Å². The lowest BCUT2D eigenvalue weighted by atomic mass is 10.1. The van der Waals surface area contributed by atoms with E-state index in [1.807, 2.05) is 6.92 Å². The van der Waals surface area contributed by atoms with E-state index in [2.05, 4.69) is 4.98 Å². The van der Waals surface area contributed by atoms with Crippen molar-refractivity contribution in [3.8, 4) is 0 Å². The molecule has 0 radical (unpaired) electrons. The summed E-state index contributed by atoms with van der Waals surface area (Å²) < 4.78 is 0. The zero-order valence-corrected chi connectivity index (χ0v) is 9.59. The summed E-state index contributed by atoms with van der Waals surface area (Å²) in [5, 5.41) is 8.82. The fourth-order valence-electron chi connectivity index (χ4n) is 1.92. The molecule has 2 amide bonds. The molecule has 1 N–H and O–H groups in total. The number of hydrogen-bond acceptors (Lipinski definition) is 4. The van der Waals surface area contributed by atoms with E-state index in [1.54, 1.807) is 6.07 Å². The molecule has 90 valence electrons. The van der Waals surface area contributed by atoms with Crippen LogP contribution in [0.4, 0.5) is 0 Å². The minimum absolute atomic E-state index is 0.0614. The van der Waals surface area contributed by atoms with Crippen LogP contribution in [0.3, 0.4) is 0 Å². The van der Waals surface area contributed by atoms with Gasteiger partial charge in [0, 0.05) is 25.5 Å². The third-order valence-corrected chi connectivity index (χ3v) is 2.89. The van der Waals surface area contributed by atoms with Crippen molar-refractivity contribution in [2.45, 2.75) is 13.3 Å². The van der Waals surface area contributed by atoms with Crippen LogP contribution >= 0.6 is 0 Å². The Balaban J connectivity index is 2.19. The summed E-state index contributed by atoms with van der Waals surface area (Å²) >= 11 is 0. The highest BCUT2D eigenvalue weighted by Gasteiger charge is 2.35. The molecule has 5 nitrogen and oxygen atoms in total. The summed E-state index contributed by atoms with van der Waals surface area (Å²) in [6, 6.07) is 1.56. The van der Waals surface area contributed by atoms with Gasteiger partial charge >= 0.3 is 0 Å². The molecule has 0 fully saturated rings. The fraction of sp³-hybridized carbons (Fsp3) is 0.417. The molecular weight excluding hydrogens is 220 g/mol. The van der Waals surface area contributed by atoms with Crippen molar-refractivity contribution in [2.24, 2.45) is 5.92 Å². The highest BCUT2D eigenvalue weighted by Crippen LogP contribution is 2.22. The number of nitrogens with zero attached hydrogens (tertiary/aromatic N) is 2. The molecule has 0 saturated heterocycles. The number of rotatable bonds is 4. The second-order valence-corrected chi connectivity index (χ2v) is 4.26. The average molecular weight is 234 g/mol. The maximum Gasteiger partial charge on any atom is 0.263 e. The molecule has 1 aromatic rings. The van der Waals surface area contributed by atoms with E-state index in [0.29, 0.717) is 24.1 Å². The van der Waals surface area contributed by atoms with Gasteiger partial charge in [0.05, 0.1) is 11.1 Å². The number of aliphatic hydroxyl groups excluding tert-OH is 1. The topological polar surface area (TPSA) is 70.5 Å². The molecule has 1 aliphatic heterocycles. The summed E-state index contributed by atoms with van der Waals surface area (Å²) in [6.45, 7) is 2.30. The van der Waals surface area contributed by atoms with Gasteiger partial charge < -0.3 is 5.11 Å². The molecule has 0 saturated carbocycles. The molecule has 1 atom stereocenters. The number of pyridine rings is 1. The fourth-order valence-corrected chi connectivity index (χ4v) is 1.92. The van der Waals surface area contributed by atoms with Crippen molar-refractivity contribution in [3.63, 3.8) is 0 Å². The van der Waals surface area contributed by atoms with Crippen molar-refractivity contribution in [1.82, 2.24) is 9.88 Å². The lowest BCUT2D eigenvalue weighted by molar-refractivity contribution is 0.0624. The Bertz CT molecular complexity index is 424. The van der Waals surface area contributed by atoms with Crippen LogP contribution in [0.1, 0.15) is 34.1 Å². The summed E-state index contributed by atoms with van der Waals surface area (Å²) in [6.07, 6.45) is 3.50. The van der Waals surface area contributed by atoms with Crippen molar-refractivity contribution in [1.29, 1.82) is 0 Å². The Morgan fingerprint density at radius 1 is 1.35 bits per heavy atom. The molecule has 2 heterocycles. The van der Waals surface area contributed by atoms with Gasteiger partial charge in [-0.2, -0.15) is 0 Å². The first-order valence-corrected chi connectivity index (χ1v) is 5.56. The smallest absolute Gasteiger partial charge is 0.263 e. The van der Waals surface area contributed by atoms with Gasteiger partial charge in [-0.25, -0.2) is 0 Å². The summed E-state index contributed by atoms with van der Waals surface area (Å²) in [4.78, 5) is 29.0. The van der Waals surface area contributed by atoms with Gasteiger partial charge in [-0.1, -0.05) is 6.92 Å². The predicted octanol–water partition coefficient (Wildman–Crippen LogP) is 0.696. The Labute approximate surface area is 99.1 Å². The number of carbonyl (C=O) groups excluding carboxylic acids is 2. The average Bonchev–Trinajstić information content (AvgIpc) is 2.56. The summed E-state index contributed by atoms with van der Waals surface area (Å²) in [5.41, 5.74) is 0.787. The van der Waals surface area contributed by atoms with Gasteiger partial charge in [0.25, 0.3) is 11.8 Å². The van der Waals surface area contributed by atoms with Crippen LogP contribution in [0.2, 0.25) is 0 Å². The highest BCUT2D eigenvalue weighted by atomic mass is 16.3. The number of hydrogen-bond donors (Lipinski definition) is 1. The number of carbonyl (C=O) groups is 2. The van der Waals surface area contributed by atoms with E-state index in [9.17, 15) is 9.59 Å². The largest absolute Gasteiger partial charge is 0.396 e. The normalized spacial score (nSPS) is 16.2. The van der Waals surface area contributed by atoms with Crippen molar-refractivity contribution < 1.29 is 14.7 Å². The van der Waals surface area contributed by atoms with E-state index in [1.165, 1.54) is 17.3 Å². The molecule has 2 rings (SSSR count). The van der Waals surface area contributed by atoms with E-state index >= 15 is 0 Å².